The van der Waals surface area contributed by atoms with Gasteiger partial charge in [-0.05, 0) is 53.5 Å². The van der Waals surface area contributed by atoms with Crippen molar-refractivity contribution in [1.82, 2.24) is 0 Å². The van der Waals surface area contributed by atoms with E-state index in [1.54, 1.807) is 7.11 Å². The molecule has 0 aliphatic carbocycles. The molecular formula is C17H20BrNO2. The maximum absolute atomic E-state index is 10.4. The van der Waals surface area contributed by atoms with Crippen molar-refractivity contribution in [3.63, 3.8) is 0 Å². The van der Waals surface area contributed by atoms with E-state index in [-0.39, 0.29) is 0 Å². The molecular weight excluding hydrogens is 330 g/mol. The number of anilines is 1. The van der Waals surface area contributed by atoms with Gasteiger partial charge in [0, 0.05) is 22.3 Å². The lowest BCUT2D eigenvalue weighted by atomic mass is 10.0. The number of hydrogen-bond donors (Lipinski definition) is 2. The average Bonchev–Trinajstić information content (AvgIpc) is 2.48. The highest BCUT2D eigenvalue weighted by Crippen LogP contribution is 2.29. The SMILES string of the molecule is COc1ccc(C)cc1C(O)CNc1cccc(C)c1Br. The molecule has 2 aromatic rings. The third-order valence-electron chi connectivity index (χ3n) is 3.42. The molecule has 21 heavy (non-hydrogen) atoms. The van der Waals surface area contributed by atoms with E-state index in [0.717, 1.165) is 26.9 Å². The molecule has 0 amide bonds. The summed E-state index contributed by atoms with van der Waals surface area (Å²) in [6, 6.07) is 11.8. The molecule has 0 heterocycles. The number of aryl methyl sites for hydroxylation is 2. The first kappa shape index (κ1) is 15.9. The van der Waals surface area contributed by atoms with Gasteiger partial charge in [-0.2, -0.15) is 0 Å². The van der Waals surface area contributed by atoms with Crippen LogP contribution in [-0.4, -0.2) is 18.8 Å². The molecule has 1 unspecified atom stereocenters. The number of nitrogens with one attached hydrogen (secondary N) is 1. The van der Waals surface area contributed by atoms with Crippen molar-refractivity contribution in [2.75, 3.05) is 19.0 Å². The molecule has 0 aliphatic heterocycles. The van der Waals surface area contributed by atoms with Gasteiger partial charge in [-0.3, -0.25) is 0 Å². The molecule has 0 saturated carbocycles. The highest BCUT2D eigenvalue weighted by molar-refractivity contribution is 9.10. The van der Waals surface area contributed by atoms with E-state index in [4.69, 9.17) is 4.74 Å². The largest absolute Gasteiger partial charge is 0.496 e. The smallest absolute Gasteiger partial charge is 0.124 e. The Kier molecular flexibility index (Phi) is 5.26. The molecule has 0 bridgehead atoms. The topological polar surface area (TPSA) is 41.5 Å². The lowest BCUT2D eigenvalue weighted by Crippen LogP contribution is -2.13. The highest BCUT2D eigenvalue weighted by Gasteiger charge is 2.14. The minimum absolute atomic E-state index is 0.419. The first-order valence-corrected chi connectivity index (χ1v) is 7.64. The van der Waals surface area contributed by atoms with E-state index >= 15 is 0 Å². The Morgan fingerprint density at radius 1 is 1.24 bits per heavy atom. The molecule has 0 spiro atoms. The van der Waals surface area contributed by atoms with Crippen LogP contribution in [0.3, 0.4) is 0 Å². The van der Waals surface area contributed by atoms with Gasteiger partial charge in [-0.15, -0.1) is 0 Å². The summed E-state index contributed by atoms with van der Waals surface area (Å²) >= 11 is 3.56. The monoisotopic (exact) mass is 349 g/mol. The quantitative estimate of drug-likeness (QED) is 0.848. The highest BCUT2D eigenvalue weighted by atomic mass is 79.9. The fourth-order valence-corrected chi connectivity index (χ4v) is 2.62. The summed E-state index contributed by atoms with van der Waals surface area (Å²) in [6.45, 7) is 4.46. The van der Waals surface area contributed by atoms with E-state index < -0.39 is 6.10 Å². The Labute approximate surface area is 134 Å². The summed E-state index contributed by atoms with van der Waals surface area (Å²) < 4.78 is 6.34. The van der Waals surface area contributed by atoms with Crippen molar-refractivity contribution in [3.8, 4) is 5.75 Å². The van der Waals surface area contributed by atoms with E-state index in [2.05, 4.69) is 21.2 Å². The summed E-state index contributed by atoms with van der Waals surface area (Å²) in [4.78, 5) is 0. The third kappa shape index (κ3) is 3.77. The molecule has 2 aromatic carbocycles. The van der Waals surface area contributed by atoms with Crippen molar-refractivity contribution < 1.29 is 9.84 Å². The Hall–Kier alpha value is -1.52. The van der Waals surface area contributed by atoms with Crippen molar-refractivity contribution in [1.29, 1.82) is 0 Å². The van der Waals surface area contributed by atoms with Crippen molar-refractivity contribution in [2.24, 2.45) is 0 Å². The summed E-state index contributed by atoms with van der Waals surface area (Å²) in [7, 11) is 1.62. The van der Waals surface area contributed by atoms with Gasteiger partial charge in [0.05, 0.1) is 13.2 Å². The zero-order chi connectivity index (χ0) is 15.4. The second-order valence-electron chi connectivity index (χ2n) is 5.08. The first-order valence-electron chi connectivity index (χ1n) is 6.84. The second-order valence-corrected chi connectivity index (χ2v) is 5.87. The molecule has 0 fully saturated rings. The van der Waals surface area contributed by atoms with Crippen LogP contribution in [0, 0.1) is 13.8 Å². The molecule has 3 nitrogen and oxygen atoms in total. The average molecular weight is 350 g/mol. The number of benzene rings is 2. The Balaban J connectivity index is 2.13. The van der Waals surface area contributed by atoms with E-state index in [1.165, 1.54) is 0 Å². The van der Waals surface area contributed by atoms with Crippen LogP contribution in [0.5, 0.6) is 5.75 Å². The number of ether oxygens (including phenoxy) is 1. The van der Waals surface area contributed by atoms with Gasteiger partial charge in [0.15, 0.2) is 0 Å². The maximum atomic E-state index is 10.4. The molecule has 2 N–H and O–H groups in total. The van der Waals surface area contributed by atoms with Gasteiger partial charge in [0.25, 0.3) is 0 Å². The summed E-state index contributed by atoms with van der Waals surface area (Å²) in [5.74, 6) is 0.707. The minimum atomic E-state index is -0.632. The van der Waals surface area contributed by atoms with E-state index in [9.17, 15) is 5.11 Å². The molecule has 4 heteroatoms. The third-order valence-corrected chi connectivity index (χ3v) is 4.47. The molecule has 1 atom stereocenters. The van der Waals surface area contributed by atoms with Crippen molar-refractivity contribution in [3.05, 3.63) is 57.6 Å². The van der Waals surface area contributed by atoms with Crippen LogP contribution in [0.25, 0.3) is 0 Å². The zero-order valence-electron chi connectivity index (χ0n) is 12.5. The van der Waals surface area contributed by atoms with Crippen LogP contribution in [0.15, 0.2) is 40.9 Å². The number of rotatable bonds is 5. The van der Waals surface area contributed by atoms with E-state index in [1.807, 2.05) is 50.2 Å². The second kappa shape index (κ2) is 6.96. The summed E-state index contributed by atoms with van der Waals surface area (Å²) in [6.07, 6.45) is -0.632. The fraction of sp³-hybridized carbons (Fsp3) is 0.294. The number of aliphatic hydroxyl groups excluding tert-OH is 1. The van der Waals surface area contributed by atoms with Gasteiger partial charge >= 0.3 is 0 Å². The van der Waals surface area contributed by atoms with Crippen LogP contribution in [0.1, 0.15) is 22.8 Å². The van der Waals surface area contributed by atoms with Crippen molar-refractivity contribution >= 4 is 21.6 Å². The van der Waals surface area contributed by atoms with Gasteiger partial charge in [-0.1, -0.05) is 23.8 Å². The van der Waals surface area contributed by atoms with Crippen LogP contribution in [-0.2, 0) is 0 Å². The van der Waals surface area contributed by atoms with E-state index in [0.29, 0.717) is 12.3 Å². The molecule has 0 aromatic heterocycles. The predicted octanol–water partition coefficient (Wildman–Crippen LogP) is 4.22. The summed E-state index contributed by atoms with van der Waals surface area (Å²) in [5, 5.41) is 13.7. The van der Waals surface area contributed by atoms with Crippen LogP contribution in [0.2, 0.25) is 0 Å². The number of methoxy groups -OCH3 is 1. The van der Waals surface area contributed by atoms with Crippen LogP contribution < -0.4 is 10.1 Å². The predicted molar refractivity (Wildman–Crippen MR) is 90.1 cm³/mol. The lowest BCUT2D eigenvalue weighted by molar-refractivity contribution is 0.187. The first-order chi connectivity index (χ1) is 10.0. The molecule has 112 valence electrons. The lowest BCUT2D eigenvalue weighted by Gasteiger charge is -2.17. The van der Waals surface area contributed by atoms with Gasteiger partial charge < -0.3 is 15.2 Å². The minimum Gasteiger partial charge on any atom is -0.496 e. The fourth-order valence-electron chi connectivity index (χ4n) is 2.21. The number of halogens is 1. The maximum Gasteiger partial charge on any atom is 0.124 e. The Morgan fingerprint density at radius 2 is 2.00 bits per heavy atom. The van der Waals surface area contributed by atoms with Crippen LogP contribution >= 0.6 is 15.9 Å². The van der Waals surface area contributed by atoms with Crippen LogP contribution in [0.4, 0.5) is 5.69 Å². The van der Waals surface area contributed by atoms with Gasteiger partial charge in [0.1, 0.15) is 5.75 Å². The number of aliphatic hydroxyl groups is 1. The standard InChI is InChI=1S/C17H20BrNO2/c1-11-7-8-16(21-3)13(9-11)15(20)10-19-14-6-4-5-12(2)17(14)18/h4-9,15,19-20H,10H2,1-3H3. The van der Waals surface area contributed by atoms with Gasteiger partial charge in [0.2, 0.25) is 0 Å². The van der Waals surface area contributed by atoms with Crippen molar-refractivity contribution in [2.45, 2.75) is 20.0 Å². The molecule has 0 saturated heterocycles. The number of hydrogen-bond acceptors (Lipinski definition) is 3. The zero-order valence-corrected chi connectivity index (χ0v) is 14.1. The summed E-state index contributed by atoms with van der Waals surface area (Å²) in [5.41, 5.74) is 4.03. The molecule has 0 radical (unpaired) electrons. The Morgan fingerprint density at radius 3 is 2.71 bits per heavy atom. The molecule has 0 aliphatic rings. The Bertz CT molecular complexity index is 628. The normalized spacial score (nSPS) is 12.0. The van der Waals surface area contributed by atoms with Gasteiger partial charge in [-0.25, -0.2) is 0 Å². The molecule has 2 rings (SSSR count).